The number of fused-ring (bicyclic) bond motifs is 4. The Kier molecular flexibility index (Phi) is 6.79. The number of halogens is 4. The lowest BCUT2D eigenvalue weighted by Gasteiger charge is -2.50. The zero-order valence-electron chi connectivity index (χ0n) is 20.9. The number of phenols is 1. The van der Waals surface area contributed by atoms with Gasteiger partial charge in [0.05, 0.1) is 30.1 Å². The molecule has 4 aliphatic rings. The van der Waals surface area contributed by atoms with E-state index in [4.69, 9.17) is 27.9 Å². The Balaban J connectivity index is 1.54. The molecule has 0 aromatic heterocycles. The van der Waals surface area contributed by atoms with Crippen molar-refractivity contribution in [3.8, 4) is 11.5 Å². The SMILES string of the molecule is COc1ccc(O)c([C@H]2C3=CC[C@@H]4C(=O)N(c5ccc(I)cc5)C(=O)[C@@H]4[C@@H]3C[C@@]3(Cl)C(=O)N(CBr)C(=O)[C@@]23Cl)c1. The predicted octanol–water partition coefficient (Wildman–Crippen LogP) is 4.92. The average Bonchev–Trinajstić information content (AvgIpc) is 3.27. The van der Waals surface area contributed by atoms with Crippen LogP contribution in [0.15, 0.2) is 54.1 Å². The van der Waals surface area contributed by atoms with E-state index in [2.05, 4.69) is 38.5 Å². The number of benzene rings is 2. The molecule has 1 saturated carbocycles. The molecule has 40 heavy (non-hydrogen) atoms. The molecule has 0 spiro atoms. The lowest BCUT2D eigenvalue weighted by atomic mass is 9.56. The number of carbonyl (C=O) groups is 4. The molecular weight excluding hydrogens is 738 g/mol. The van der Waals surface area contributed by atoms with Crippen molar-refractivity contribution >= 4 is 91.0 Å². The van der Waals surface area contributed by atoms with Crippen LogP contribution in [0.2, 0.25) is 0 Å². The van der Waals surface area contributed by atoms with Gasteiger partial charge in [-0.2, -0.15) is 0 Å². The van der Waals surface area contributed by atoms with Crippen molar-refractivity contribution in [1.29, 1.82) is 0 Å². The first-order chi connectivity index (χ1) is 19.0. The third-order valence-electron chi connectivity index (χ3n) is 8.65. The number of methoxy groups -OCH3 is 1. The highest BCUT2D eigenvalue weighted by atomic mass is 127. The van der Waals surface area contributed by atoms with Crippen LogP contribution >= 0.6 is 61.7 Å². The van der Waals surface area contributed by atoms with Crippen molar-refractivity contribution in [3.63, 3.8) is 0 Å². The number of alkyl halides is 3. The summed E-state index contributed by atoms with van der Waals surface area (Å²) >= 11 is 19.8. The van der Waals surface area contributed by atoms with Crippen LogP contribution in [0.5, 0.6) is 11.5 Å². The second-order valence-corrected chi connectivity index (χ2v) is 13.4. The van der Waals surface area contributed by atoms with Gasteiger partial charge in [0.2, 0.25) is 11.8 Å². The first kappa shape index (κ1) is 28.0. The molecule has 3 fully saturated rings. The number of hydrogen-bond donors (Lipinski definition) is 1. The number of phenolic OH excluding ortho intramolecular Hbond substituents is 1. The van der Waals surface area contributed by atoms with Gasteiger partial charge in [0, 0.05) is 15.1 Å². The third kappa shape index (κ3) is 3.61. The summed E-state index contributed by atoms with van der Waals surface area (Å²) in [5.74, 6) is -5.11. The van der Waals surface area contributed by atoms with Crippen LogP contribution in [0.3, 0.4) is 0 Å². The minimum absolute atomic E-state index is 0.125. The molecule has 12 heteroatoms. The Morgan fingerprint density at radius 1 is 1.05 bits per heavy atom. The van der Waals surface area contributed by atoms with Gasteiger partial charge in [-0.25, -0.2) is 0 Å². The summed E-state index contributed by atoms with van der Waals surface area (Å²) in [6.07, 6.45) is 1.93. The number of anilines is 1. The molecular formula is C28H22BrCl2IN2O6. The topological polar surface area (TPSA) is 104 Å². The highest BCUT2D eigenvalue weighted by Crippen LogP contribution is 2.66. The van der Waals surface area contributed by atoms with E-state index in [1.165, 1.54) is 18.1 Å². The maximum atomic E-state index is 14.0. The number of likely N-dealkylation sites (tertiary alicyclic amines) is 1. The van der Waals surface area contributed by atoms with Crippen molar-refractivity contribution in [2.45, 2.75) is 28.5 Å². The number of allylic oxidation sites excluding steroid dienone is 2. The molecule has 6 atom stereocenters. The molecule has 0 radical (unpaired) electrons. The van der Waals surface area contributed by atoms with Gasteiger partial charge in [-0.05, 0) is 83.8 Å². The van der Waals surface area contributed by atoms with Crippen LogP contribution in [-0.4, -0.2) is 55.9 Å². The molecule has 208 valence electrons. The van der Waals surface area contributed by atoms with Gasteiger partial charge in [0.25, 0.3) is 11.8 Å². The maximum Gasteiger partial charge on any atom is 0.254 e. The quantitative estimate of drug-likeness (QED) is 0.156. The minimum Gasteiger partial charge on any atom is -0.508 e. The largest absolute Gasteiger partial charge is 0.508 e. The summed E-state index contributed by atoms with van der Waals surface area (Å²) in [4.78, 5) is 53.4. The van der Waals surface area contributed by atoms with E-state index >= 15 is 0 Å². The number of nitrogens with zero attached hydrogens (tertiary/aromatic N) is 2. The molecule has 2 aromatic carbocycles. The van der Waals surface area contributed by atoms with E-state index in [9.17, 15) is 24.3 Å². The number of amides is 4. The molecule has 2 aliphatic carbocycles. The maximum absolute atomic E-state index is 14.0. The Hall–Kier alpha value is -2.15. The van der Waals surface area contributed by atoms with Crippen LogP contribution in [0, 0.1) is 21.3 Å². The highest BCUT2D eigenvalue weighted by molar-refractivity contribution is 14.1. The second-order valence-electron chi connectivity index (χ2n) is 10.4. The van der Waals surface area contributed by atoms with Crippen LogP contribution in [0.4, 0.5) is 5.69 Å². The number of rotatable bonds is 4. The fourth-order valence-corrected chi connectivity index (χ4v) is 8.61. The van der Waals surface area contributed by atoms with Crippen molar-refractivity contribution in [2.24, 2.45) is 17.8 Å². The summed E-state index contributed by atoms with van der Waals surface area (Å²) in [6.45, 7) is 0. The zero-order valence-corrected chi connectivity index (χ0v) is 26.2. The number of aromatic hydroxyl groups is 1. The van der Waals surface area contributed by atoms with Crippen molar-refractivity contribution in [1.82, 2.24) is 4.90 Å². The van der Waals surface area contributed by atoms with E-state index in [0.717, 1.165) is 8.47 Å². The van der Waals surface area contributed by atoms with E-state index in [0.29, 0.717) is 17.0 Å². The third-order valence-corrected chi connectivity index (χ3v) is 11.3. The summed E-state index contributed by atoms with van der Waals surface area (Å²) in [5.41, 5.74) is 1.18. The van der Waals surface area contributed by atoms with Crippen LogP contribution < -0.4 is 9.64 Å². The first-order valence-electron chi connectivity index (χ1n) is 12.5. The van der Waals surface area contributed by atoms with Crippen molar-refractivity contribution < 1.29 is 29.0 Å². The lowest BCUT2D eigenvalue weighted by molar-refractivity contribution is -0.138. The fraction of sp³-hybridized carbons (Fsp3) is 0.357. The predicted molar refractivity (Wildman–Crippen MR) is 160 cm³/mol. The minimum atomic E-state index is -2.00. The number of ether oxygens (including phenoxy) is 1. The normalized spacial score (nSPS) is 33.1. The molecule has 6 rings (SSSR count). The van der Waals surface area contributed by atoms with Gasteiger partial charge in [0.1, 0.15) is 11.5 Å². The second kappa shape index (κ2) is 9.71. The van der Waals surface area contributed by atoms with Gasteiger partial charge >= 0.3 is 0 Å². The van der Waals surface area contributed by atoms with E-state index in [-0.39, 0.29) is 35.5 Å². The zero-order chi connectivity index (χ0) is 28.7. The van der Waals surface area contributed by atoms with Gasteiger partial charge in [-0.15, -0.1) is 23.2 Å². The summed E-state index contributed by atoms with van der Waals surface area (Å²) in [6, 6.07) is 11.6. The van der Waals surface area contributed by atoms with E-state index in [1.54, 1.807) is 24.3 Å². The molecule has 0 bridgehead atoms. The summed E-state index contributed by atoms with van der Waals surface area (Å²) in [7, 11) is 1.46. The Morgan fingerprint density at radius 2 is 1.75 bits per heavy atom. The van der Waals surface area contributed by atoms with Gasteiger partial charge in [-0.1, -0.05) is 27.6 Å². The molecule has 2 saturated heterocycles. The van der Waals surface area contributed by atoms with Crippen LogP contribution in [0.1, 0.15) is 24.3 Å². The molecule has 2 aliphatic heterocycles. The van der Waals surface area contributed by atoms with Gasteiger partial charge < -0.3 is 9.84 Å². The van der Waals surface area contributed by atoms with Gasteiger partial charge in [-0.3, -0.25) is 29.0 Å². The van der Waals surface area contributed by atoms with Crippen molar-refractivity contribution in [3.05, 3.63) is 63.2 Å². The molecule has 2 aromatic rings. The molecule has 0 unspecified atom stereocenters. The summed E-state index contributed by atoms with van der Waals surface area (Å²) in [5, 5.41) is 11.0. The molecule has 1 N–H and O–H groups in total. The van der Waals surface area contributed by atoms with Crippen LogP contribution in [-0.2, 0) is 19.2 Å². The molecule has 8 nitrogen and oxygen atoms in total. The van der Waals surface area contributed by atoms with E-state index < -0.39 is 51.1 Å². The Bertz CT molecular complexity index is 1520. The number of carbonyl (C=O) groups excluding carboxylic acids is 4. The Morgan fingerprint density at radius 3 is 2.40 bits per heavy atom. The van der Waals surface area contributed by atoms with Crippen LogP contribution in [0.25, 0.3) is 0 Å². The smallest absolute Gasteiger partial charge is 0.254 e. The molecule has 2 heterocycles. The highest BCUT2D eigenvalue weighted by Gasteiger charge is 2.76. The van der Waals surface area contributed by atoms with E-state index in [1.807, 2.05) is 18.2 Å². The number of imide groups is 2. The first-order valence-corrected chi connectivity index (χ1v) is 15.5. The Labute approximate surface area is 261 Å². The summed E-state index contributed by atoms with van der Waals surface area (Å²) < 4.78 is 6.34. The fourth-order valence-electron chi connectivity index (χ4n) is 6.83. The average molecular weight is 760 g/mol. The lowest BCUT2D eigenvalue weighted by Crippen LogP contribution is -2.60. The molecule has 4 amide bonds. The standard InChI is InChI=1S/C28H22BrCl2IN2O6/c1-40-15-6-9-20(35)18(10-15)22-16-7-8-17-21(24(37)34(23(17)36)14-4-2-13(32)3-5-14)19(16)11-27(30)25(38)33(12-29)26(39)28(22,27)31/h2-7,9-10,17,19,21-22,35H,8,11-12H2,1H3/t17-,19+,21-,22+,27+,28-/m0/s1. The number of hydrogen-bond acceptors (Lipinski definition) is 6. The monoisotopic (exact) mass is 758 g/mol. The van der Waals surface area contributed by atoms with Crippen molar-refractivity contribution in [2.75, 3.05) is 17.5 Å². The van der Waals surface area contributed by atoms with Gasteiger partial charge in [0.15, 0.2) is 9.75 Å².